The summed E-state index contributed by atoms with van der Waals surface area (Å²) < 4.78 is 0. The molecule has 0 aliphatic carbocycles. The third-order valence-corrected chi connectivity index (χ3v) is 4.38. The molecule has 0 aromatic carbocycles. The van der Waals surface area contributed by atoms with E-state index in [1.165, 1.54) is 0 Å². The van der Waals surface area contributed by atoms with Gasteiger partial charge in [0, 0.05) is 22.3 Å². The lowest BCUT2D eigenvalue weighted by Crippen LogP contribution is -2.37. The van der Waals surface area contributed by atoms with Crippen LogP contribution in [0.3, 0.4) is 0 Å². The fourth-order valence-electron chi connectivity index (χ4n) is 1.38. The molecule has 0 radical (unpaired) electrons. The van der Waals surface area contributed by atoms with Crippen molar-refractivity contribution in [3.05, 3.63) is 0 Å². The number of nitrogens with one attached hydrogen (secondary N) is 2. The van der Waals surface area contributed by atoms with E-state index in [1.807, 2.05) is 11.8 Å². The van der Waals surface area contributed by atoms with Crippen LogP contribution < -0.4 is 0 Å². The van der Waals surface area contributed by atoms with Gasteiger partial charge in [0.25, 0.3) is 0 Å². The maximum atomic E-state index is 7.96. The van der Waals surface area contributed by atoms with Crippen LogP contribution in [0.2, 0.25) is 0 Å². The van der Waals surface area contributed by atoms with Crippen LogP contribution in [-0.4, -0.2) is 22.9 Å². The molecule has 0 aromatic rings. The number of hydrogen-bond acceptors (Lipinski definition) is 3. The van der Waals surface area contributed by atoms with Gasteiger partial charge in [-0.25, -0.2) is 0 Å². The largest absolute Gasteiger partial charge is 0.303 e. The zero-order valence-corrected chi connectivity index (χ0v) is 9.64. The van der Waals surface area contributed by atoms with Crippen LogP contribution in [0.4, 0.5) is 0 Å². The van der Waals surface area contributed by atoms with E-state index in [1.54, 1.807) is 0 Å². The van der Waals surface area contributed by atoms with Crippen molar-refractivity contribution in [2.45, 2.75) is 27.7 Å². The van der Waals surface area contributed by atoms with Crippen LogP contribution in [0, 0.1) is 21.6 Å². The van der Waals surface area contributed by atoms with Gasteiger partial charge in [-0.05, 0) is 0 Å². The first-order chi connectivity index (χ1) is 5.77. The molecule has 13 heavy (non-hydrogen) atoms. The summed E-state index contributed by atoms with van der Waals surface area (Å²) in [4.78, 5) is 0. The minimum atomic E-state index is -0.129. The molecule has 1 aliphatic rings. The molecule has 0 atom stereocenters. The highest BCUT2D eigenvalue weighted by Gasteiger charge is 2.38. The monoisotopic (exact) mass is 198 g/mol. The number of thioether (sulfide) groups is 1. The van der Waals surface area contributed by atoms with Crippen molar-refractivity contribution < 1.29 is 0 Å². The molecule has 0 bridgehead atoms. The van der Waals surface area contributed by atoms with Gasteiger partial charge in [0.2, 0.25) is 0 Å². The Hall–Kier alpha value is -0.310. The Morgan fingerprint density at radius 3 is 1.54 bits per heavy atom. The Kier molecular flexibility index (Phi) is 2.59. The maximum Gasteiger partial charge on any atom is 0.0591 e. The van der Waals surface area contributed by atoms with Crippen molar-refractivity contribution in [1.29, 1.82) is 10.8 Å². The first-order valence-electron chi connectivity index (χ1n) is 4.53. The van der Waals surface area contributed by atoms with E-state index in [0.717, 1.165) is 11.5 Å². The first kappa shape index (κ1) is 10.8. The predicted molar refractivity (Wildman–Crippen MR) is 60.3 cm³/mol. The van der Waals surface area contributed by atoms with Gasteiger partial charge in [0.05, 0.1) is 11.4 Å². The minimum absolute atomic E-state index is 0.129. The molecule has 0 saturated carbocycles. The Balaban J connectivity index is 3.01. The second-order valence-electron chi connectivity index (χ2n) is 5.01. The van der Waals surface area contributed by atoms with Crippen molar-refractivity contribution in [3.63, 3.8) is 0 Å². The summed E-state index contributed by atoms with van der Waals surface area (Å²) in [6, 6.07) is 0. The average Bonchev–Trinajstić information content (AvgIpc) is 2.04. The minimum Gasteiger partial charge on any atom is -0.303 e. The van der Waals surface area contributed by atoms with E-state index < -0.39 is 0 Å². The van der Waals surface area contributed by atoms with Crippen molar-refractivity contribution in [2.75, 3.05) is 11.5 Å². The summed E-state index contributed by atoms with van der Waals surface area (Å²) in [5, 5.41) is 15.9. The van der Waals surface area contributed by atoms with Crippen LogP contribution in [0.5, 0.6) is 0 Å². The summed E-state index contributed by atoms with van der Waals surface area (Å²) in [6.07, 6.45) is 0. The third kappa shape index (κ3) is 1.96. The lowest BCUT2D eigenvalue weighted by atomic mass is 9.78. The molecule has 1 heterocycles. The molecule has 0 amide bonds. The molecular weight excluding hydrogens is 180 g/mol. The molecule has 0 aromatic heterocycles. The predicted octanol–water partition coefficient (Wildman–Crippen LogP) is 2.83. The molecule has 2 N–H and O–H groups in total. The van der Waals surface area contributed by atoms with E-state index in [0.29, 0.717) is 11.4 Å². The Labute approximate surface area is 84.5 Å². The second-order valence-corrected chi connectivity index (χ2v) is 6.00. The van der Waals surface area contributed by atoms with Gasteiger partial charge in [-0.2, -0.15) is 11.8 Å². The van der Waals surface area contributed by atoms with Crippen molar-refractivity contribution >= 4 is 23.2 Å². The highest BCUT2D eigenvalue weighted by atomic mass is 32.2. The van der Waals surface area contributed by atoms with Crippen molar-refractivity contribution in [1.82, 2.24) is 0 Å². The molecule has 1 fully saturated rings. The Bertz CT molecular complexity index is 228. The topological polar surface area (TPSA) is 47.7 Å². The van der Waals surface area contributed by atoms with Crippen LogP contribution in [0.25, 0.3) is 0 Å². The van der Waals surface area contributed by atoms with Gasteiger partial charge in [-0.3, -0.25) is 0 Å². The summed E-state index contributed by atoms with van der Waals surface area (Å²) in [7, 11) is 0. The zero-order valence-electron chi connectivity index (χ0n) is 8.82. The molecule has 3 heteroatoms. The van der Waals surface area contributed by atoms with Crippen LogP contribution in [-0.2, 0) is 0 Å². The molecule has 1 rings (SSSR count). The SMILES string of the molecule is CC1(C)CSCC(C)(C)C(=N)C1=N. The van der Waals surface area contributed by atoms with Gasteiger partial charge >= 0.3 is 0 Å². The number of hydrogen-bond donors (Lipinski definition) is 2. The van der Waals surface area contributed by atoms with Gasteiger partial charge in [0.1, 0.15) is 0 Å². The molecule has 74 valence electrons. The van der Waals surface area contributed by atoms with E-state index in [-0.39, 0.29) is 10.8 Å². The van der Waals surface area contributed by atoms with Crippen molar-refractivity contribution in [2.24, 2.45) is 10.8 Å². The van der Waals surface area contributed by atoms with Gasteiger partial charge in [-0.1, -0.05) is 27.7 Å². The summed E-state index contributed by atoms with van der Waals surface area (Å²) in [6.45, 7) is 8.22. The van der Waals surface area contributed by atoms with E-state index in [9.17, 15) is 0 Å². The number of rotatable bonds is 0. The molecule has 0 unspecified atom stereocenters. The fraction of sp³-hybridized carbons (Fsp3) is 0.800. The summed E-state index contributed by atoms with van der Waals surface area (Å²) in [5.41, 5.74) is 0.774. The standard InChI is InChI=1S/C10H18N2S/c1-9(2)5-13-6-10(3,4)8(12)7(9)11/h11-12H,5-6H2,1-4H3. The molecular formula is C10H18N2S. The fourth-order valence-corrected chi connectivity index (χ4v) is 2.79. The highest BCUT2D eigenvalue weighted by molar-refractivity contribution is 7.99. The van der Waals surface area contributed by atoms with Crippen LogP contribution in [0.1, 0.15) is 27.7 Å². The van der Waals surface area contributed by atoms with E-state index >= 15 is 0 Å². The lowest BCUT2D eigenvalue weighted by Gasteiger charge is -2.26. The summed E-state index contributed by atoms with van der Waals surface area (Å²) in [5.74, 6) is 1.91. The average molecular weight is 198 g/mol. The quantitative estimate of drug-likeness (QED) is 0.618. The third-order valence-electron chi connectivity index (χ3n) is 2.53. The zero-order chi connectivity index (χ0) is 10.3. The van der Waals surface area contributed by atoms with Crippen LogP contribution >= 0.6 is 11.8 Å². The normalized spacial score (nSPS) is 27.1. The van der Waals surface area contributed by atoms with Gasteiger partial charge in [0.15, 0.2) is 0 Å². The summed E-state index contributed by atoms with van der Waals surface area (Å²) >= 11 is 1.86. The smallest absolute Gasteiger partial charge is 0.0591 e. The van der Waals surface area contributed by atoms with Crippen molar-refractivity contribution in [3.8, 4) is 0 Å². The molecule has 2 nitrogen and oxygen atoms in total. The first-order valence-corrected chi connectivity index (χ1v) is 5.69. The highest BCUT2D eigenvalue weighted by Crippen LogP contribution is 2.36. The Morgan fingerprint density at radius 2 is 1.23 bits per heavy atom. The molecule has 1 saturated heterocycles. The molecule has 0 spiro atoms. The molecule has 1 aliphatic heterocycles. The van der Waals surface area contributed by atoms with E-state index in [2.05, 4.69) is 27.7 Å². The van der Waals surface area contributed by atoms with Gasteiger partial charge in [-0.15, -0.1) is 0 Å². The maximum absolute atomic E-state index is 7.96. The Morgan fingerprint density at radius 1 is 0.923 bits per heavy atom. The van der Waals surface area contributed by atoms with Crippen LogP contribution in [0.15, 0.2) is 0 Å². The second kappa shape index (κ2) is 3.12. The van der Waals surface area contributed by atoms with E-state index in [4.69, 9.17) is 10.8 Å². The lowest BCUT2D eigenvalue weighted by molar-refractivity contribution is 0.591. The van der Waals surface area contributed by atoms with Gasteiger partial charge < -0.3 is 10.8 Å².